The number of nitrogens with zero attached hydrogens (tertiary/aromatic N) is 1. The van der Waals surface area contributed by atoms with Crippen molar-refractivity contribution in [2.45, 2.75) is 74.5 Å². The zero-order chi connectivity index (χ0) is 27.8. The molecule has 2 heterocycles. The first-order chi connectivity index (χ1) is 18.5. The molecule has 0 spiro atoms. The second-order valence-corrected chi connectivity index (χ2v) is 25.2. The molecule has 39 heavy (non-hydrogen) atoms. The molecule has 0 N–H and O–H groups in total. The Labute approximate surface area is 241 Å². The monoisotopic (exact) mass is 594 g/mol. The van der Waals surface area contributed by atoms with Crippen molar-refractivity contribution in [2.24, 2.45) is 18.9 Å². The molecular formula is C36H42GeNS+. The molecule has 3 heteroatoms. The summed E-state index contributed by atoms with van der Waals surface area (Å²) < 4.78 is 4.01. The number of pyridine rings is 1. The van der Waals surface area contributed by atoms with Gasteiger partial charge in [-0.3, -0.25) is 0 Å². The van der Waals surface area contributed by atoms with Crippen molar-refractivity contribution in [2.75, 3.05) is 0 Å². The topological polar surface area (TPSA) is 3.88 Å². The molecule has 1 aliphatic heterocycles. The SMILES string of the molecule is Cc1c2c(c(CC(C)C)c3ccc(CC(C)C)cc13)Sc1cc3ccc[c]([Ge]([CH3])([CH3])[CH3])c3c3cc[n+](C)c-2c13. The summed E-state index contributed by atoms with van der Waals surface area (Å²) in [5.41, 5.74) is 7.27. The molecule has 1 aliphatic rings. The fourth-order valence-electron chi connectivity index (χ4n) is 6.78. The van der Waals surface area contributed by atoms with Gasteiger partial charge in [0.2, 0.25) is 0 Å². The molecule has 6 rings (SSSR count). The Bertz CT molecular complexity index is 1790. The summed E-state index contributed by atoms with van der Waals surface area (Å²) in [5.74, 6) is 8.83. The van der Waals surface area contributed by atoms with Gasteiger partial charge in [0.25, 0.3) is 0 Å². The zero-order valence-corrected chi connectivity index (χ0v) is 28.0. The van der Waals surface area contributed by atoms with E-state index in [9.17, 15) is 0 Å². The van der Waals surface area contributed by atoms with Crippen molar-refractivity contribution >= 4 is 61.7 Å². The molecule has 1 aromatic heterocycles. The fraction of sp³-hybridized carbons (Fsp3) is 0.361. The van der Waals surface area contributed by atoms with Gasteiger partial charge in [0.1, 0.15) is 0 Å². The van der Waals surface area contributed by atoms with Crippen molar-refractivity contribution < 1.29 is 4.57 Å². The first kappa shape index (κ1) is 26.9. The third-order valence-corrected chi connectivity index (χ3v) is 13.9. The third kappa shape index (κ3) is 4.43. The zero-order valence-electron chi connectivity index (χ0n) is 25.1. The Kier molecular flexibility index (Phi) is 6.67. The Morgan fingerprint density at radius 3 is 2.26 bits per heavy atom. The molecule has 0 amide bonds. The molecule has 0 fully saturated rings. The van der Waals surface area contributed by atoms with Crippen LogP contribution in [0.5, 0.6) is 0 Å². The standard InChI is InChI=1S/C36H42GeNS/c1-21(2)17-24-13-14-26-28(19-24)23(5)32-35-34-27(15-16-38(35)9)33-25(11-10-12-30(33)37(6,7)8)20-31(34)39-36(32)29(26)18-22(3)4/h10-16,19-22H,17-18H2,1-9H3/q+1. The number of hydrogen-bond donors (Lipinski definition) is 0. The number of aryl methyl sites for hydroxylation is 2. The van der Waals surface area contributed by atoms with E-state index in [4.69, 9.17) is 0 Å². The van der Waals surface area contributed by atoms with E-state index in [0.29, 0.717) is 11.8 Å². The first-order valence-corrected chi connectivity index (χ1v) is 22.8. The number of rotatable bonds is 5. The number of aromatic nitrogens is 1. The van der Waals surface area contributed by atoms with Gasteiger partial charge in [-0.05, 0) is 0 Å². The second-order valence-electron chi connectivity index (χ2n) is 13.6. The summed E-state index contributed by atoms with van der Waals surface area (Å²) in [7, 11) is 2.25. The molecule has 0 radical (unpaired) electrons. The molecule has 0 atom stereocenters. The van der Waals surface area contributed by atoms with Crippen LogP contribution in [0.3, 0.4) is 0 Å². The Hall–Kier alpha value is -2.30. The number of hydrogen-bond acceptors (Lipinski definition) is 1. The minimum atomic E-state index is -2.10. The number of benzene rings is 4. The molecule has 0 saturated heterocycles. The van der Waals surface area contributed by atoms with Gasteiger partial charge in [-0.15, -0.1) is 0 Å². The summed E-state index contributed by atoms with van der Waals surface area (Å²) in [5, 5.41) is 8.66. The van der Waals surface area contributed by atoms with Crippen LogP contribution >= 0.6 is 11.8 Å². The van der Waals surface area contributed by atoms with E-state index in [1.807, 2.05) is 11.8 Å². The van der Waals surface area contributed by atoms with E-state index in [2.05, 4.69) is 118 Å². The van der Waals surface area contributed by atoms with Gasteiger partial charge in [-0.1, -0.05) is 13.8 Å². The van der Waals surface area contributed by atoms with Gasteiger partial charge in [0.05, 0.1) is 0 Å². The molecule has 200 valence electrons. The van der Waals surface area contributed by atoms with Gasteiger partial charge in [0.15, 0.2) is 0 Å². The third-order valence-electron chi connectivity index (χ3n) is 8.43. The summed E-state index contributed by atoms with van der Waals surface area (Å²) in [4.78, 5) is 2.89. The van der Waals surface area contributed by atoms with Crippen molar-refractivity contribution in [3.8, 4) is 11.3 Å². The van der Waals surface area contributed by atoms with Gasteiger partial charge >= 0.3 is 229 Å². The van der Waals surface area contributed by atoms with Crippen molar-refractivity contribution in [1.82, 2.24) is 0 Å². The maximum atomic E-state index is 2.53. The van der Waals surface area contributed by atoms with Crippen LogP contribution in [0.4, 0.5) is 0 Å². The van der Waals surface area contributed by atoms with Crippen molar-refractivity contribution in [1.29, 1.82) is 0 Å². The fourth-order valence-corrected chi connectivity index (χ4v) is 11.6. The van der Waals surface area contributed by atoms with E-state index in [0.717, 1.165) is 12.8 Å². The van der Waals surface area contributed by atoms with Crippen LogP contribution in [-0.2, 0) is 19.9 Å². The Balaban J connectivity index is 1.77. The number of fused-ring (bicyclic) bond motifs is 5. The van der Waals surface area contributed by atoms with Crippen molar-refractivity contribution in [3.63, 3.8) is 0 Å². The van der Waals surface area contributed by atoms with Crippen LogP contribution < -0.4 is 8.96 Å². The predicted molar refractivity (Wildman–Crippen MR) is 174 cm³/mol. The van der Waals surface area contributed by atoms with Crippen LogP contribution in [-0.4, -0.2) is 13.3 Å². The molecule has 0 bridgehead atoms. The minimum absolute atomic E-state index is 0.597. The average molecular weight is 593 g/mol. The summed E-state index contributed by atoms with van der Waals surface area (Å²) >= 11 is -0.0723. The van der Waals surface area contributed by atoms with Crippen LogP contribution in [0.25, 0.3) is 43.6 Å². The normalized spacial score (nSPS) is 13.3. The van der Waals surface area contributed by atoms with Crippen LogP contribution in [0.15, 0.2) is 64.5 Å². The quantitative estimate of drug-likeness (QED) is 0.109. The molecule has 0 saturated carbocycles. The van der Waals surface area contributed by atoms with Crippen LogP contribution in [0.1, 0.15) is 44.4 Å². The summed E-state index contributed by atoms with van der Waals surface area (Å²) in [6.45, 7) is 11.7. The molecule has 4 aromatic carbocycles. The predicted octanol–water partition coefficient (Wildman–Crippen LogP) is 9.35. The Morgan fingerprint density at radius 1 is 0.821 bits per heavy atom. The van der Waals surface area contributed by atoms with Crippen molar-refractivity contribution in [3.05, 3.63) is 71.4 Å². The van der Waals surface area contributed by atoms with E-state index >= 15 is 0 Å². The summed E-state index contributed by atoms with van der Waals surface area (Å²) in [6.07, 6.45) is 4.54. The van der Waals surface area contributed by atoms with Crippen LogP contribution in [0.2, 0.25) is 17.3 Å². The van der Waals surface area contributed by atoms with E-state index < -0.39 is 13.3 Å². The molecule has 0 aliphatic carbocycles. The molecule has 1 nitrogen and oxygen atoms in total. The van der Waals surface area contributed by atoms with Gasteiger partial charge in [-0.2, -0.15) is 0 Å². The maximum absolute atomic E-state index is 2.53. The molecule has 0 unspecified atom stereocenters. The van der Waals surface area contributed by atoms with E-state index in [1.165, 1.54) is 70.1 Å². The molecule has 5 aromatic rings. The van der Waals surface area contributed by atoms with Crippen LogP contribution in [0, 0.1) is 18.8 Å². The van der Waals surface area contributed by atoms with Gasteiger partial charge in [0, 0.05) is 0 Å². The molecular weight excluding hydrogens is 551 g/mol. The Morgan fingerprint density at radius 2 is 1.56 bits per heavy atom. The van der Waals surface area contributed by atoms with E-state index in [1.54, 1.807) is 4.40 Å². The van der Waals surface area contributed by atoms with Gasteiger partial charge < -0.3 is 0 Å². The average Bonchev–Trinajstić information content (AvgIpc) is 2.86. The summed E-state index contributed by atoms with van der Waals surface area (Å²) in [6, 6.07) is 19.2. The first-order valence-electron chi connectivity index (χ1n) is 14.6. The second kappa shape index (κ2) is 9.66. The van der Waals surface area contributed by atoms with E-state index in [-0.39, 0.29) is 0 Å². The van der Waals surface area contributed by atoms with Gasteiger partial charge in [-0.25, -0.2) is 0 Å².